The number of hydrogen-bond acceptors (Lipinski definition) is 6. The van der Waals surface area contributed by atoms with Crippen molar-refractivity contribution in [3.8, 4) is 0 Å². The molecule has 2 aliphatic rings. The first-order valence-electron chi connectivity index (χ1n) is 8.47. The molecular formula is C17H21N3O5S. The molecular weight excluding hydrogens is 358 g/mol. The fourth-order valence-electron chi connectivity index (χ4n) is 3.14. The number of methoxy groups -OCH3 is 1. The van der Waals surface area contributed by atoms with E-state index in [9.17, 15) is 18.0 Å². The second-order valence-corrected chi connectivity index (χ2v) is 7.92. The number of carbonyl (C=O) groups excluding carboxylic acids is 2. The van der Waals surface area contributed by atoms with Gasteiger partial charge in [-0.1, -0.05) is 6.42 Å². The minimum atomic E-state index is -3.86. The van der Waals surface area contributed by atoms with Crippen molar-refractivity contribution in [2.75, 3.05) is 18.6 Å². The largest absolute Gasteiger partial charge is 0.467 e. The van der Waals surface area contributed by atoms with Crippen LogP contribution in [0.2, 0.25) is 0 Å². The van der Waals surface area contributed by atoms with E-state index in [2.05, 4.69) is 14.5 Å². The summed E-state index contributed by atoms with van der Waals surface area (Å²) in [5.41, 5.74) is 0.700. The summed E-state index contributed by atoms with van der Waals surface area (Å²) >= 11 is 0. The Bertz CT molecular complexity index is 878. The lowest BCUT2D eigenvalue weighted by molar-refractivity contribution is -0.142. The lowest BCUT2D eigenvalue weighted by atomic mass is 10.1. The van der Waals surface area contributed by atoms with Gasteiger partial charge in [0.15, 0.2) is 0 Å². The molecule has 1 amide bonds. The molecule has 0 bridgehead atoms. The van der Waals surface area contributed by atoms with Crippen LogP contribution in [0.25, 0.3) is 0 Å². The Morgan fingerprint density at radius 1 is 1.27 bits per heavy atom. The third-order valence-electron chi connectivity index (χ3n) is 4.51. The number of anilines is 1. The molecule has 1 N–H and O–H groups in total. The Balaban J connectivity index is 1.94. The molecule has 0 saturated carbocycles. The minimum Gasteiger partial charge on any atom is -0.467 e. The fourth-order valence-corrected chi connectivity index (χ4v) is 4.42. The summed E-state index contributed by atoms with van der Waals surface area (Å²) in [6.45, 7) is 2.19. The van der Waals surface area contributed by atoms with Gasteiger partial charge in [-0.3, -0.25) is 4.79 Å². The predicted molar refractivity (Wildman–Crippen MR) is 95.8 cm³/mol. The second kappa shape index (κ2) is 7.06. The van der Waals surface area contributed by atoms with Crippen LogP contribution in [0, 0.1) is 0 Å². The van der Waals surface area contributed by atoms with Gasteiger partial charge >= 0.3 is 5.97 Å². The second-order valence-electron chi connectivity index (χ2n) is 6.35. The summed E-state index contributed by atoms with van der Waals surface area (Å²) in [7, 11) is -2.63. The van der Waals surface area contributed by atoms with Crippen molar-refractivity contribution in [2.45, 2.75) is 43.5 Å². The number of esters is 1. The van der Waals surface area contributed by atoms with Gasteiger partial charge in [0, 0.05) is 18.5 Å². The van der Waals surface area contributed by atoms with Crippen LogP contribution in [-0.2, 0) is 19.6 Å². The van der Waals surface area contributed by atoms with Crippen LogP contribution in [-0.4, -0.2) is 45.8 Å². The van der Waals surface area contributed by atoms with Crippen molar-refractivity contribution in [3.63, 3.8) is 0 Å². The molecule has 26 heavy (non-hydrogen) atoms. The Morgan fingerprint density at radius 3 is 2.77 bits per heavy atom. The number of amidine groups is 1. The van der Waals surface area contributed by atoms with E-state index in [1.807, 2.05) is 4.90 Å². The van der Waals surface area contributed by atoms with Gasteiger partial charge in [0.2, 0.25) is 0 Å². The highest BCUT2D eigenvalue weighted by Crippen LogP contribution is 2.34. The van der Waals surface area contributed by atoms with E-state index in [-0.39, 0.29) is 10.5 Å². The molecule has 0 aromatic heterocycles. The number of fused-ring (bicyclic) bond motifs is 3. The summed E-state index contributed by atoms with van der Waals surface area (Å²) in [6, 6.07) is 3.66. The van der Waals surface area contributed by atoms with Crippen molar-refractivity contribution >= 4 is 33.4 Å². The molecule has 0 aliphatic carbocycles. The minimum absolute atomic E-state index is 0.0153. The Labute approximate surface area is 152 Å². The lowest BCUT2D eigenvalue weighted by Crippen LogP contribution is -2.39. The first-order valence-corrected chi connectivity index (χ1v) is 9.91. The fraction of sp³-hybridized carbons (Fsp3) is 0.471. The molecule has 3 rings (SSSR count). The summed E-state index contributed by atoms with van der Waals surface area (Å²) < 4.78 is 33.7. The third kappa shape index (κ3) is 3.44. The highest BCUT2D eigenvalue weighted by Gasteiger charge is 2.32. The number of carbonyl (C=O) groups is 2. The van der Waals surface area contributed by atoms with Gasteiger partial charge in [0.1, 0.15) is 16.8 Å². The molecule has 9 heteroatoms. The SMILES string of the molecule is COC(=O)[C@H](C)NC(=O)c1ccc2c(c1)S(=O)(=O)N=C1CCCCCN12. The predicted octanol–water partition coefficient (Wildman–Crippen LogP) is 1.46. The molecule has 2 aliphatic heterocycles. The lowest BCUT2D eigenvalue weighted by Gasteiger charge is -2.29. The van der Waals surface area contributed by atoms with Crippen LogP contribution in [0.3, 0.4) is 0 Å². The van der Waals surface area contributed by atoms with Crippen LogP contribution < -0.4 is 10.2 Å². The maximum Gasteiger partial charge on any atom is 0.328 e. The first kappa shape index (κ1) is 18.4. The van der Waals surface area contributed by atoms with Crippen LogP contribution in [0.5, 0.6) is 0 Å². The summed E-state index contributed by atoms with van der Waals surface area (Å²) in [5.74, 6) is -0.569. The van der Waals surface area contributed by atoms with Gasteiger partial charge in [-0.25, -0.2) is 4.79 Å². The van der Waals surface area contributed by atoms with Crippen LogP contribution in [0.4, 0.5) is 5.69 Å². The summed E-state index contributed by atoms with van der Waals surface area (Å²) in [5, 5.41) is 2.49. The van der Waals surface area contributed by atoms with Gasteiger partial charge in [-0.05, 0) is 38.0 Å². The average Bonchev–Trinajstić information content (AvgIpc) is 2.85. The van der Waals surface area contributed by atoms with Gasteiger partial charge in [-0.15, -0.1) is 4.40 Å². The third-order valence-corrected chi connectivity index (χ3v) is 5.85. The summed E-state index contributed by atoms with van der Waals surface area (Å²) in [4.78, 5) is 25.7. The maximum absolute atomic E-state index is 12.6. The molecule has 1 aromatic carbocycles. The van der Waals surface area contributed by atoms with Gasteiger partial charge < -0.3 is 15.0 Å². The molecule has 1 fully saturated rings. The topological polar surface area (TPSA) is 105 Å². The van der Waals surface area contributed by atoms with Crippen molar-refractivity contribution in [3.05, 3.63) is 23.8 Å². The number of nitrogens with one attached hydrogen (secondary N) is 1. The molecule has 0 radical (unpaired) electrons. The quantitative estimate of drug-likeness (QED) is 0.797. The van der Waals surface area contributed by atoms with E-state index in [1.165, 1.54) is 20.1 Å². The van der Waals surface area contributed by atoms with Crippen molar-refractivity contribution in [1.82, 2.24) is 5.32 Å². The zero-order valence-corrected chi connectivity index (χ0v) is 15.5. The highest BCUT2D eigenvalue weighted by molar-refractivity contribution is 7.90. The molecule has 2 heterocycles. The van der Waals surface area contributed by atoms with Crippen LogP contribution >= 0.6 is 0 Å². The van der Waals surface area contributed by atoms with E-state index in [0.717, 1.165) is 19.3 Å². The molecule has 1 atom stereocenters. The zero-order chi connectivity index (χ0) is 18.9. The standard InChI is InChI=1S/C17H21N3O5S/c1-11(17(22)25-2)18-16(21)12-7-8-13-14(10-12)26(23,24)19-15-6-4-3-5-9-20(13)15/h7-8,10-11H,3-6,9H2,1-2H3,(H,18,21)/t11-/m0/s1. The smallest absolute Gasteiger partial charge is 0.328 e. The normalized spacial score (nSPS) is 19.3. The number of rotatable bonds is 3. The van der Waals surface area contributed by atoms with E-state index in [1.54, 1.807) is 12.1 Å². The molecule has 0 unspecified atom stereocenters. The molecule has 1 aromatic rings. The van der Waals surface area contributed by atoms with Crippen molar-refractivity contribution in [1.29, 1.82) is 0 Å². The Kier molecular flexibility index (Phi) is 4.99. The average molecular weight is 379 g/mol. The van der Waals surface area contributed by atoms with Crippen molar-refractivity contribution < 1.29 is 22.7 Å². The number of hydrogen-bond donors (Lipinski definition) is 1. The molecule has 1 saturated heterocycles. The number of nitrogens with zero attached hydrogens (tertiary/aromatic N) is 2. The monoisotopic (exact) mass is 379 g/mol. The van der Waals surface area contributed by atoms with Crippen LogP contribution in [0.1, 0.15) is 43.0 Å². The molecule has 140 valence electrons. The van der Waals surface area contributed by atoms with Crippen LogP contribution in [0.15, 0.2) is 27.5 Å². The van der Waals surface area contributed by atoms with Gasteiger partial charge in [0.25, 0.3) is 15.9 Å². The molecule has 8 nitrogen and oxygen atoms in total. The maximum atomic E-state index is 12.6. The number of benzene rings is 1. The highest BCUT2D eigenvalue weighted by atomic mass is 32.2. The van der Waals surface area contributed by atoms with E-state index < -0.39 is 27.9 Å². The summed E-state index contributed by atoms with van der Waals surface area (Å²) in [6.07, 6.45) is 3.51. The Morgan fingerprint density at radius 2 is 2.04 bits per heavy atom. The zero-order valence-electron chi connectivity index (χ0n) is 14.7. The van der Waals surface area contributed by atoms with Crippen molar-refractivity contribution in [2.24, 2.45) is 4.40 Å². The number of sulfonamides is 1. The number of amides is 1. The Hall–Kier alpha value is -2.42. The van der Waals surface area contributed by atoms with E-state index >= 15 is 0 Å². The van der Waals surface area contributed by atoms with Gasteiger partial charge in [0.05, 0.1) is 12.8 Å². The van der Waals surface area contributed by atoms with E-state index in [4.69, 9.17) is 0 Å². The molecule has 0 spiro atoms. The van der Waals surface area contributed by atoms with Gasteiger partial charge in [-0.2, -0.15) is 8.42 Å². The van der Waals surface area contributed by atoms with E-state index in [0.29, 0.717) is 24.5 Å². The first-order chi connectivity index (χ1) is 12.3. The number of ether oxygens (including phenoxy) is 1.